The van der Waals surface area contributed by atoms with Crippen molar-refractivity contribution in [2.75, 3.05) is 47.5 Å². The molecule has 1 aromatic rings. The highest BCUT2D eigenvalue weighted by Gasteiger charge is 2.21. The van der Waals surface area contributed by atoms with E-state index in [0.717, 1.165) is 44.0 Å². The number of methoxy groups -OCH3 is 3. The molecule has 1 aliphatic heterocycles. The molecule has 1 fully saturated rings. The minimum atomic E-state index is 0.305. The average molecular weight is 338 g/mol. The molecular weight excluding hydrogens is 308 g/mol. The number of ether oxygens (including phenoxy) is 4. The van der Waals surface area contributed by atoms with Crippen molar-refractivity contribution in [1.82, 2.24) is 10.2 Å². The third-order valence-electron chi connectivity index (χ3n) is 4.20. The first-order valence-corrected chi connectivity index (χ1v) is 8.44. The molecule has 0 amide bonds. The highest BCUT2D eigenvalue weighted by molar-refractivity contribution is 5.50. The molecule has 0 bridgehead atoms. The lowest BCUT2D eigenvalue weighted by Gasteiger charge is -2.35. The van der Waals surface area contributed by atoms with E-state index in [1.807, 2.05) is 12.1 Å². The van der Waals surface area contributed by atoms with Gasteiger partial charge in [-0.3, -0.25) is 4.90 Å². The van der Waals surface area contributed by atoms with Gasteiger partial charge in [0.15, 0.2) is 11.5 Å². The summed E-state index contributed by atoms with van der Waals surface area (Å²) in [5.41, 5.74) is 1.05. The predicted molar refractivity (Wildman–Crippen MR) is 94.3 cm³/mol. The molecule has 0 radical (unpaired) electrons. The second kappa shape index (κ2) is 9.11. The lowest BCUT2D eigenvalue weighted by Crippen LogP contribution is -2.47. The fourth-order valence-electron chi connectivity index (χ4n) is 3.16. The molecule has 0 aromatic heterocycles. The van der Waals surface area contributed by atoms with Crippen LogP contribution in [0.1, 0.15) is 19.4 Å². The lowest BCUT2D eigenvalue weighted by molar-refractivity contribution is -0.0674. The highest BCUT2D eigenvalue weighted by atomic mass is 16.5. The first-order valence-electron chi connectivity index (χ1n) is 8.44. The van der Waals surface area contributed by atoms with Crippen LogP contribution in [-0.2, 0) is 11.3 Å². The Hall–Kier alpha value is -1.50. The van der Waals surface area contributed by atoms with Gasteiger partial charge in [-0.1, -0.05) is 0 Å². The van der Waals surface area contributed by atoms with E-state index < -0.39 is 0 Å². The van der Waals surface area contributed by atoms with Crippen LogP contribution in [0, 0.1) is 0 Å². The maximum absolute atomic E-state index is 5.77. The topological polar surface area (TPSA) is 52.2 Å². The number of hydrogen-bond donors (Lipinski definition) is 1. The number of nitrogens with zero attached hydrogens (tertiary/aromatic N) is 1. The van der Waals surface area contributed by atoms with Crippen LogP contribution in [0.4, 0.5) is 0 Å². The summed E-state index contributed by atoms with van der Waals surface area (Å²) >= 11 is 0. The van der Waals surface area contributed by atoms with Crippen LogP contribution < -0.4 is 19.5 Å². The van der Waals surface area contributed by atoms with Crippen molar-refractivity contribution in [3.63, 3.8) is 0 Å². The summed E-state index contributed by atoms with van der Waals surface area (Å²) in [5.74, 6) is 2.19. The first kappa shape index (κ1) is 18.8. The molecule has 1 aliphatic rings. The first-order chi connectivity index (χ1) is 11.6. The van der Waals surface area contributed by atoms with Gasteiger partial charge in [-0.05, 0) is 19.9 Å². The minimum Gasteiger partial charge on any atom is -0.496 e. The number of rotatable bonds is 8. The summed E-state index contributed by atoms with van der Waals surface area (Å²) in [6.07, 6.45) is 0.611. The minimum absolute atomic E-state index is 0.305. The Morgan fingerprint density at radius 3 is 2.17 bits per heavy atom. The molecule has 1 saturated heterocycles. The maximum atomic E-state index is 5.77. The quantitative estimate of drug-likeness (QED) is 0.731. The average Bonchev–Trinajstić information content (AvgIpc) is 2.57. The van der Waals surface area contributed by atoms with Crippen molar-refractivity contribution in [2.24, 2.45) is 0 Å². The Morgan fingerprint density at radius 2 is 1.58 bits per heavy atom. The van der Waals surface area contributed by atoms with Gasteiger partial charge in [-0.2, -0.15) is 0 Å². The second-order valence-electron chi connectivity index (χ2n) is 6.21. The maximum Gasteiger partial charge on any atom is 0.164 e. The summed E-state index contributed by atoms with van der Waals surface area (Å²) in [6, 6.07) is 3.82. The molecule has 0 spiro atoms. The standard InChI is InChI=1S/C18H30N2O4/c1-13-11-20(12-14(2)24-13)7-6-19-10-15-8-17(22-4)18(23-5)9-16(15)21-3/h8-9,13-14,19H,6-7,10-12H2,1-5H3/t13-,14-/m1/s1. The largest absolute Gasteiger partial charge is 0.496 e. The summed E-state index contributed by atoms with van der Waals surface area (Å²) < 4.78 is 21.9. The third-order valence-corrected chi connectivity index (χ3v) is 4.20. The molecule has 0 saturated carbocycles. The fourth-order valence-corrected chi connectivity index (χ4v) is 3.16. The number of nitrogens with one attached hydrogen (secondary N) is 1. The molecule has 2 rings (SSSR count). The van der Waals surface area contributed by atoms with E-state index in [2.05, 4.69) is 24.1 Å². The zero-order valence-electron chi connectivity index (χ0n) is 15.4. The molecule has 0 unspecified atom stereocenters. The van der Waals surface area contributed by atoms with Gasteiger partial charge in [0, 0.05) is 44.4 Å². The Morgan fingerprint density at radius 1 is 1.00 bits per heavy atom. The lowest BCUT2D eigenvalue weighted by atomic mass is 10.1. The summed E-state index contributed by atoms with van der Waals surface area (Å²) in [6.45, 7) is 8.89. The monoisotopic (exact) mass is 338 g/mol. The normalized spacial score (nSPS) is 21.5. The number of benzene rings is 1. The van der Waals surface area contributed by atoms with Crippen molar-refractivity contribution < 1.29 is 18.9 Å². The number of morpholine rings is 1. The summed E-state index contributed by atoms with van der Waals surface area (Å²) in [5, 5.41) is 3.48. The zero-order chi connectivity index (χ0) is 17.5. The van der Waals surface area contributed by atoms with E-state index in [9.17, 15) is 0 Å². The van der Waals surface area contributed by atoms with E-state index in [-0.39, 0.29) is 0 Å². The smallest absolute Gasteiger partial charge is 0.164 e. The molecule has 1 N–H and O–H groups in total. The molecule has 0 aliphatic carbocycles. The van der Waals surface area contributed by atoms with Crippen molar-refractivity contribution in [3.8, 4) is 17.2 Å². The van der Waals surface area contributed by atoms with E-state index in [1.54, 1.807) is 21.3 Å². The molecule has 1 aromatic carbocycles. The van der Waals surface area contributed by atoms with Crippen LogP contribution in [0.2, 0.25) is 0 Å². The van der Waals surface area contributed by atoms with E-state index >= 15 is 0 Å². The molecule has 1 heterocycles. The highest BCUT2D eigenvalue weighted by Crippen LogP contribution is 2.34. The van der Waals surface area contributed by atoms with Gasteiger partial charge in [-0.15, -0.1) is 0 Å². The van der Waals surface area contributed by atoms with Crippen molar-refractivity contribution in [3.05, 3.63) is 17.7 Å². The van der Waals surface area contributed by atoms with Gasteiger partial charge < -0.3 is 24.3 Å². The SMILES string of the molecule is COc1cc(OC)c(OC)cc1CNCCN1C[C@@H](C)O[C@H](C)C1. The molecular formula is C18H30N2O4. The number of hydrogen-bond acceptors (Lipinski definition) is 6. The van der Waals surface area contributed by atoms with Crippen LogP contribution >= 0.6 is 0 Å². The Labute approximate surface area is 145 Å². The van der Waals surface area contributed by atoms with Crippen LogP contribution in [0.3, 0.4) is 0 Å². The van der Waals surface area contributed by atoms with Crippen LogP contribution in [-0.4, -0.2) is 64.6 Å². The van der Waals surface area contributed by atoms with Crippen molar-refractivity contribution in [1.29, 1.82) is 0 Å². The summed E-state index contributed by atoms with van der Waals surface area (Å²) in [4.78, 5) is 2.44. The summed E-state index contributed by atoms with van der Waals surface area (Å²) in [7, 11) is 4.93. The Kier molecular flexibility index (Phi) is 7.15. The van der Waals surface area contributed by atoms with Crippen LogP contribution in [0.15, 0.2) is 12.1 Å². The van der Waals surface area contributed by atoms with Crippen LogP contribution in [0.25, 0.3) is 0 Å². The molecule has 2 atom stereocenters. The Bertz CT molecular complexity index is 514. The third kappa shape index (κ3) is 5.00. The molecule has 6 heteroatoms. The van der Waals surface area contributed by atoms with Gasteiger partial charge in [-0.25, -0.2) is 0 Å². The fraction of sp³-hybridized carbons (Fsp3) is 0.667. The zero-order valence-corrected chi connectivity index (χ0v) is 15.4. The Balaban J connectivity index is 1.87. The van der Waals surface area contributed by atoms with Gasteiger partial charge in [0.1, 0.15) is 5.75 Å². The van der Waals surface area contributed by atoms with Crippen LogP contribution in [0.5, 0.6) is 17.2 Å². The molecule has 24 heavy (non-hydrogen) atoms. The van der Waals surface area contributed by atoms with Crippen molar-refractivity contribution >= 4 is 0 Å². The predicted octanol–water partition coefficient (Wildman–Crippen LogP) is 1.91. The second-order valence-corrected chi connectivity index (χ2v) is 6.21. The van der Waals surface area contributed by atoms with Gasteiger partial charge in [0.2, 0.25) is 0 Å². The molecule has 136 valence electrons. The van der Waals surface area contributed by atoms with Crippen molar-refractivity contribution in [2.45, 2.75) is 32.6 Å². The molecule has 6 nitrogen and oxygen atoms in total. The van der Waals surface area contributed by atoms with Gasteiger partial charge >= 0.3 is 0 Å². The van der Waals surface area contributed by atoms with E-state index in [4.69, 9.17) is 18.9 Å². The van der Waals surface area contributed by atoms with E-state index in [1.165, 1.54) is 0 Å². The van der Waals surface area contributed by atoms with Gasteiger partial charge in [0.25, 0.3) is 0 Å². The van der Waals surface area contributed by atoms with E-state index in [0.29, 0.717) is 23.7 Å². The van der Waals surface area contributed by atoms with Gasteiger partial charge in [0.05, 0.1) is 33.5 Å².